The molecule has 0 aliphatic heterocycles. The normalized spacial score (nSPS) is 12.0. The summed E-state index contributed by atoms with van der Waals surface area (Å²) in [6, 6.07) is 7.61. The molecule has 3 heterocycles. The number of fused-ring (bicyclic) bond motifs is 1. The van der Waals surface area contributed by atoms with Crippen molar-refractivity contribution in [3.8, 4) is 16.3 Å². The maximum absolute atomic E-state index is 13.3. The van der Waals surface area contributed by atoms with Gasteiger partial charge in [-0.25, -0.2) is 4.98 Å². The molecule has 11 heteroatoms. The molecule has 0 N–H and O–H groups in total. The second-order valence-corrected chi connectivity index (χ2v) is 7.64. The van der Waals surface area contributed by atoms with Crippen LogP contribution in [-0.4, -0.2) is 31.9 Å². The van der Waals surface area contributed by atoms with Crippen molar-refractivity contribution in [2.45, 2.75) is 11.8 Å². The second kappa shape index (κ2) is 6.53. The Bertz CT molecular complexity index is 1070. The SMILES string of the molecule is COc1cccc(-c2nc(Cc3nn4c(C(F)(F)Cl)nnc4s3)cs2)c1. The average Bonchev–Trinajstić information content (AvgIpc) is 3.29. The summed E-state index contributed by atoms with van der Waals surface area (Å²) in [7, 11) is 1.61. The lowest BCUT2D eigenvalue weighted by molar-refractivity contribution is 0.0820. The fraction of sp³-hybridized carbons (Fsp3) is 0.200. The monoisotopic (exact) mass is 413 g/mol. The Morgan fingerprint density at radius 2 is 2.15 bits per heavy atom. The number of nitrogens with zero attached hydrogens (tertiary/aromatic N) is 5. The first-order chi connectivity index (χ1) is 12.4. The molecule has 4 rings (SSSR count). The molecule has 0 unspecified atom stereocenters. The number of rotatable bonds is 5. The number of methoxy groups -OCH3 is 1. The van der Waals surface area contributed by atoms with Crippen molar-refractivity contribution in [3.05, 3.63) is 46.2 Å². The fourth-order valence-electron chi connectivity index (χ4n) is 2.34. The third-order valence-electron chi connectivity index (χ3n) is 3.49. The molecular formula is C15H10ClF2N5OS2. The number of aromatic nitrogens is 5. The third-order valence-corrected chi connectivity index (χ3v) is 5.50. The minimum Gasteiger partial charge on any atom is -0.497 e. The molecule has 3 aromatic heterocycles. The molecule has 0 bridgehead atoms. The molecule has 1 aromatic carbocycles. The van der Waals surface area contributed by atoms with Crippen molar-refractivity contribution < 1.29 is 13.5 Å². The summed E-state index contributed by atoms with van der Waals surface area (Å²) in [5.41, 5.74) is 1.74. The van der Waals surface area contributed by atoms with Gasteiger partial charge >= 0.3 is 5.38 Å². The lowest BCUT2D eigenvalue weighted by Crippen LogP contribution is -2.10. The Labute approximate surface area is 159 Å². The van der Waals surface area contributed by atoms with Crippen LogP contribution in [0.25, 0.3) is 15.5 Å². The molecule has 0 spiro atoms. The Morgan fingerprint density at radius 3 is 2.92 bits per heavy atom. The van der Waals surface area contributed by atoms with E-state index >= 15 is 0 Å². The highest BCUT2D eigenvalue weighted by Crippen LogP contribution is 2.32. The Balaban J connectivity index is 1.59. The summed E-state index contributed by atoms with van der Waals surface area (Å²) < 4.78 is 32.8. The van der Waals surface area contributed by atoms with E-state index in [4.69, 9.17) is 16.3 Å². The van der Waals surface area contributed by atoms with Gasteiger partial charge in [0.25, 0.3) is 0 Å². The van der Waals surface area contributed by atoms with E-state index in [9.17, 15) is 8.78 Å². The number of ether oxygens (including phenoxy) is 1. The molecule has 0 radical (unpaired) electrons. The summed E-state index contributed by atoms with van der Waals surface area (Å²) in [6.07, 6.45) is 0.405. The van der Waals surface area contributed by atoms with Crippen LogP contribution in [0.2, 0.25) is 0 Å². The Morgan fingerprint density at radius 1 is 1.31 bits per heavy atom. The first-order valence-electron chi connectivity index (χ1n) is 7.31. The predicted molar refractivity (Wildman–Crippen MR) is 95.3 cm³/mol. The molecule has 134 valence electrons. The van der Waals surface area contributed by atoms with Crippen LogP contribution in [0.15, 0.2) is 29.6 Å². The van der Waals surface area contributed by atoms with Crippen LogP contribution in [0.4, 0.5) is 8.78 Å². The van der Waals surface area contributed by atoms with E-state index in [1.807, 2.05) is 29.6 Å². The maximum atomic E-state index is 13.3. The van der Waals surface area contributed by atoms with Gasteiger partial charge < -0.3 is 4.74 Å². The van der Waals surface area contributed by atoms with Gasteiger partial charge in [0.2, 0.25) is 10.8 Å². The molecule has 0 atom stereocenters. The van der Waals surface area contributed by atoms with Crippen molar-refractivity contribution in [2.75, 3.05) is 7.11 Å². The first kappa shape index (κ1) is 17.3. The molecule has 4 aromatic rings. The molecule has 6 nitrogen and oxygen atoms in total. The van der Waals surface area contributed by atoms with Gasteiger partial charge in [-0.3, -0.25) is 0 Å². The molecule has 0 fully saturated rings. The largest absolute Gasteiger partial charge is 0.497 e. The highest BCUT2D eigenvalue weighted by molar-refractivity contribution is 7.16. The smallest absolute Gasteiger partial charge is 0.383 e. The van der Waals surface area contributed by atoms with Crippen LogP contribution in [0.3, 0.4) is 0 Å². The molecule has 0 amide bonds. The van der Waals surface area contributed by atoms with E-state index in [2.05, 4.69) is 20.3 Å². The molecule has 0 saturated heterocycles. The van der Waals surface area contributed by atoms with Crippen LogP contribution in [0.1, 0.15) is 16.5 Å². The van der Waals surface area contributed by atoms with Crippen LogP contribution in [-0.2, 0) is 11.8 Å². The van der Waals surface area contributed by atoms with E-state index in [1.165, 1.54) is 22.7 Å². The molecule has 0 aliphatic rings. The second-order valence-electron chi connectivity index (χ2n) is 5.26. The van der Waals surface area contributed by atoms with Crippen molar-refractivity contribution in [1.29, 1.82) is 0 Å². The van der Waals surface area contributed by atoms with Gasteiger partial charge in [-0.1, -0.05) is 23.5 Å². The van der Waals surface area contributed by atoms with Gasteiger partial charge in [-0.15, -0.1) is 21.5 Å². The number of halogens is 3. The Kier molecular flexibility index (Phi) is 4.33. The summed E-state index contributed by atoms with van der Waals surface area (Å²) in [4.78, 5) is 4.85. The number of alkyl halides is 3. The van der Waals surface area contributed by atoms with Crippen LogP contribution in [0, 0.1) is 0 Å². The standard InChI is InChI=1S/C15H10ClF2N5OS2/c1-24-10-4-2-3-8(5-10)12-19-9(7-25-12)6-11-22-23-13(15(16,17)18)20-21-14(23)26-11/h2-5,7H,6H2,1H3. The molecule has 0 aliphatic carbocycles. The van der Waals surface area contributed by atoms with Gasteiger partial charge in [-0.05, 0) is 23.7 Å². The highest BCUT2D eigenvalue weighted by atomic mass is 35.5. The van der Waals surface area contributed by atoms with E-state index in [0.717, 1.165) is 26.5 Å². The van der Waals surface area contributed by atoms with Crippen molar-refractivity contribution in [3.63, 3.8) is 0 Å². The molecule has 26 heavy (non-hydrogen) atoms. The average molecular weight is 414 g/mol. The van der Waals surface area contributed by atoms with Gasteiger partial charge in [0, 0.05) is 17.4 Å². The summed E-state index contributed by atoms with van der Waals surface area (Å²) in [5, 5.41) is 10.9. The number of hydrogen-bond acceptors (Lipinski definition) is 7. The van der Waals surface area contributed by atoms with Crippen LogP contribution >= 0.6 is 34.3 Å². The number of thiazole rings is 1. The topological polar surface area (TPSA) is 65.2 Å². The van der Waals surface area contributed by atoms with Gasteiger partial charge in [0.15, 0.2) is 0 Å². The fourth-order valence-corrected chi connectivity index (χ4v) is 4.12. The van der Waals surface area contributed by atoms with Crippen molar-refractivity contribution >= 4 is 39.2 Å². The lowest BCUT2D eigenvalue weighted by atomic mass is 10.2. The zero-order chi connectivity index (χ0) is 18.3. The third kappa shape index (κ3) is 3.27. The summed E-state index contributed by atoms with van der Waals surface area (Å²) in [6.45, 7) is 0. The first-order valence-corrected chi connectivity index (χ1v) is 9.38. The maximum Gasteiger partial charge on any atom is 0.383 e. The minimum absolute atomic E-state index is 0.263. The summed E-state index contributed by atoms with van der Waals surface area (Å²) in [5.74, 6) is 0.0643. The summed E-state index contributed by atoms with van der Waals surface area (Å²) >= 11 is 7.69. The number of benzene rings is 1. The van der Waals surface area contributed by atoms with Gasteiger partial charge in [0.1, 0.15) is 15.8 Å². The number of hydrogen-bond donors (Lipinski definition) is 0. The van der Waals surface area contributed by atoms with Gasteiger partial charge in [-0.2, -0.15) is 18.4 Å². The molecular weight excluding hydrogens is 404 g/mol. The van der Waals surface area contributed by atoms with E-state index < -0.39 is 11.2 Å². The quantitative estimate of drug-likeness (QED) is 0.459. The zero-order valence-electron chi connectivity index (χ0n) is 13.2. The predicted octanol–water partition coefficient (Wildman–Crippen LogP) is 4.20. The lowest BCUT2D eigenvalue weighted by Gasteiger charge is -2.01. The highest BCUT2D eigenvalue weighted by Gasteiger charge is 2.35. The van der Waals surface area contributed by atoms with Gasteiger partial charge in [0.05, 0.1) is 12.8 Å². The molecule has 0 saturated carbocycles. The minimum atomic E-state index is -3.62. The van der Waals surface area contributed by atoms with Crippen molar-refractivity contribution in [1.82, 2.24) is 24.8 Å². The zero-order valence-corrected chi connectivity index (χ0v) is 15.6. The van der Waals surface area contributed by atoms with Crippen LogP contribution in [0.5, 0.6) is 5.75 Å². The van der Waals surface area contributed by atoms with E-state index in [-0.39, 0.29) is 4.96 Å². The van der Waals surface area contributed by atoms with E-state index in [0.29, 0.717) is 11.4 Å². The van der Waals surface area contributed by atoms with Crippen molar-refractivity contribution in [2.24, 2.45) is 0 Å². The van der Waals surface area contributed by atoms with Crippen LogP contribution < -0.4 is 4.74 Å². The van der Waals surface area contributed by atoms with E-state index in [1.54, 1.807) is 7.11 Å². The Hall–Kier alpha value is -2.17.